The zero-order chi connectivity index (χ0) is 14.2. The Hall–Kier alpha value is -1.34. The lowest BCUT2D eigenvalue weighted by molar-refractivity contribution is 0.267. The second-order valence-electron chi connectivity index (χ2n) is 6.89. The molecule has 0 aliphatic heterocycles. The summed E-state index contributed by atoms with van der Waals surface area (Å²) in [6.07, 6.45) is 4.00. The van der Waals surface area contributed by atoms with Crippen LogP contribution in [0, 0.1) is 5.41 Å². The minimum atomic E-state index is 0.406. The first kappa shape index (κ1) is 13.6. The van der Waals surface area contributed by atoms with Crippen molar-refractivity contribution in [2.24, 2.45) is 5.41 Å². The average Bonchev–Trinajstić information content (AvgIpc) is 2.77. The van der Waals surface area contributed by atoms with Crippen LogP contribution in [0.2, 0.25) is 0 Å². The van der Waals surface area contributed by atoms with Gasteiger partial charge in [0, 0.05) is 12.1 Å². The van der Waals surface area contributed by atoms with E-state index < -0.39 is 0 Å². The highest BCUT2D eigenvalue weighted by Gasteiger charge is 2.35. The Morgan fingerprint density at radius 2 is 1.85 bits per heavy atom. The summed E-state index contributed by atoms with van der Waals surface area (Å²) in [5.41, 5.74) is 1.85. The molecule has 2 unspecified atom stereocenters. The van der Waals surface area contributed by atoms with Gasteiger partial charge in [-0.15, -0.1) is 0 Å². The van der Waals surface area contributed by atoms with Gasteiger partial charge in [0.2, 0.25) is 0 Å². The molecular formula is C19H25N. The van der Waals surface area contributed by atoms with E-state index in [-0.39, 0.29) is 0 Å². The molecule has 0 saturated heterocycles. The molecule has 0 radical (unpaired) electrons. The first-order valence-corrected chi connectivity index (χ1v) is 7.82. The number of hydrogen-bond acceptors (Lipinski definition) is 1. The molecule has 0 heterocycles. The van der Waals surface area contributed by atoms with Crippen LogP contribution in [0.4, 0.5) is 0 Å². The number of nitrogens with one attached hydrogen (secondary N) is 1. The van der Waals surface area contributed by atoms with Gasteiger partial charge >= 0.3 is 0 Å². The Morgan fingerprint density at radius 1 is 1.10 bits per heavy atom. The van der Waals surface area contributed by atoms with Crippen molar-refractivity contribution in [3.8, 4) is 0 Å². The molecular weight excluding hydrogens is 242 g/mol. The smallest absolute Gasteiger partial charge is 0.0300 e. The van der Waals surface area contributed by atoms with Crippen LogP contribution in [0.1, 0.15) is 51.6 Å². The van der Waals surface area contributed by atoms with E-state index in [9.17, 15) is 0 Å². The Bertz CT molecular complexity index is 594. The molecule has 0 bridgehead atoms. The van der Waals surface area contributed by atoms with Crippen molar-refractivity contribution in [2.75, 3.05) is 0 Å². The van der Waals surface area contributed by atoms with Crippen molar-refractivity contribution < 1.29 is 0 Å². The summed E-state index contributed by atoms with van der Waals surface area (Å²) < 4.78 is 0. The molecule has 1 aliphatic rings. The van der Waals surface area contributed by atoms with Crippen LogP contribution in [-0.4, -0.2) is 6.04 Å². The van der Waals surface area contributed by atoms with E-state index in [4.69, 9.17) is 0 Å². The summed E-state index contributed by atoms with van der Waals surface area (Å²) in [6.45, 7) is 7.09. The van der Waals surface area contributed by atoms with Gasteiger partial charge in [-0.3, -0.25) is 0 Å². The van der Waals surface area contributed by atoms with Crippen LogP contribution in [0.15, 0.2) is 42.5 Å². The summed E-state index contributed by atoms with van der Waals surface area (Å²) in [7, 11) is 0. The summed E-state index contributed by atoms with van der Waals surface area (Å²) in [6, 6.07) is 16.4. The Morgan fingerprint density at radius 3 is 2.60 bits per heavy atom. The lowest BCUT2D eigenvalue weighted by Crippen LogP contribution is -2.39. The summed E-state index contributed by atoms with van der Waals surface area (Å²) in [4.78, 5) is 0. The summed E-state index contributed by atoms with van der Waals surface area (Å²) in [5.74, 6) is 0. The van der Waals surface area contributed by atoms with Gasteiger partial charge in [0.25, 0.3) is 0 Å². The van der Waals surface area contributed by atoms with E-state index in [1.165, 1.54) is 35.6 Å². The molecule has 0 aromatic heterocycles. The van der Waals surface area contributed by atoms with Gasteiger partial charge in [-0.05, 0) is 41.5 Å². The highest BCUT2D eigenvalue weighted by atomic mass is 15.0. The normalized spacial score (nSPS) is 23.1. The van der Waals surface area contributed by atoms with Crippen LogP contribution >= 0.6 is 0 Å². The summed E-state index contributed by atoms with van der Waals surface area (Å²) in [5, 5.41) is 6.60. The third kappa shape index (κ3) is 2.47. The van der Waals surface area contributed by atoms with Gasteiger partial charge in [0.15, 0.2) is 0 Å². The van der Waals surface area contributed by atoms with Crippen LogP contribution in [0.25, 0.3) is 10.8 Å². The molecule has 1 saturated carbocycles. The number of benzene rings is 2. The van der Waals surface area contributed by atoms with Gasteiger partial charge in [-0.2, -0.15) is 0 Å². The zero-order valence-electron chi connectivity index (χ0n) is 12.8. The monoisotopic (exact) mass is 267 g/mol. The first-order valence-electron chi connectivity index (χ1n) is 7.82. The fraction of sp³-hybridized carbons (Fsp3) is 0.474. The molecule has 106 valence electrons. The average molecular weight is 267 g/mol. The van der Waals surface area contributed by atoms with E-state index in [0.717, 1.165) is 0 Å². The Balaban J connectivity index is 1.87. The van der Waals surface area contributed by atoms with E-state index in [1.807, 2.05) is 0 Å². The number of hydrogen-bond donors (Lipinski definition) is 1. The SMILES string of the molecule is CC(NC1CCCC1(C)C)c1cccc2ccccc12. The van der Waals surface area contributed by atoms with Crippen LogP contribution in [0.5, 0.6) is 0 Å². The zero-order valence-corrected chi connectivity index (χ0v) is 12.8. The molecule has 2 atom stereocenters. The Kier molecular flexibility index (Phi) is 3.55. The van der Waals surface area contributed by atoms with Gasteiger partial charge < -0.3 is 5.32 Å². The molecule has 1 heteroatoms. The Labute approximate surface area is 122 Å². The molecule has 1 aliphatic carbocycles. The maximum Gasteiger partial charge on any atom is 0.0300 e. The topological polar surface area (TPSA) is 12.0 Å². The maximum atomic E-state index is 3.88. The third-order valence-corrected chi connectivity index (χ3v) is 5.00. The lowest BCUT2D eigenvalue weighted by atomic mass is 9.86. The fourth-order valence-electron chi connectivity index (χ4n) is 3.66. The van der Waals surface area contributed by atoms with Crippen molar-refractivity contribution >= 4 is 10.8 Å². The van der Waals surface area contributed by atoms with Crippen molar-refractivity contribution in [1.29, 1.82) is 0 Å². The van der Waals surface area contributed by atoms with Crippen LogP contribution in [0.3, 0.4) is 0 Å². The van der Waals surface area contributed by atoms with Gasteiger partial charge in [0.05, 0.1) is 0 Å². The van der Waals surface area contributed by atoms with Crippen LogP contribution in [-0.2, 0) is 0 Å². The molecule has 1 N–H and O–H groups in total. The van der Waals surface area contributed by atoms with Gasteiger partial charge in [-0.1, -0.05) is 62.7 Å². The third-order valence-electron chi connectivity index (χ3n) is 5.00. The van der Waals surface area contributed by atoms with Gasteiger partial charge in [0.1, 0.15) is 0 Å². The number of rotatable bonds is 3. The van der Waals surface area contributed by atoms with Crippen LogP contribution < -0.4 is 5.32 Å². The molecule has 1 nitrogen and oxygen atoms in total. The lowest BCUT2D eigenvalue weighted by Gasteiger charge is -2.31. The van der Waals surface area contributed by atoms with Crippen molar-refractivity contribution in [1.82, 2.24) is 5.32 Å². The largest absolute Gasteiger partial charge is 0.307 e. The predicted molar refractivity (Wildman–Crippen MR) is 86.9 cm³/mol. The van der Waals surface area contributed by atoms with E-state index in [2.05, 4.69) is 68.6 Å². The molecule has 1 fully saturated rings. The molecule has 2 aromatic carbocycles. The fourth-order valence-corrected chi connectivity index (χ4v) is 3.66. The molecule has 2 aromatic rings. The quantitative estimate of drug-likeness (QED) is 0.818. The second-order valence-corrected chi connectivity index (χ2v) is 6.89. The van der Waals surface area contributed by atoms with Crippen molar-refractivity contribution in [2.45, 2.75) is 52.1 Å². The minimum absolute atomic E-state index is 0.406. The van der Waals surface area contributed by atoms with E-state index in [0.29, 0.717) is 17.5 Å². The molecule has 0 spiro atoms. The molecule has 20 heavy (non-hydrogen) atoms. The number of fused-ring (bicyclic) bond motifs is 1. The summed E-state index contributed by atoms with van der Waals surface area (Å²) >= 11 is 0. The molecule has 0 amide bonds. The standard InChI is InChI=1S/C19H25N/c1-14(20-18-12-7-13-19(18,2)3)16-11-6-9-15-8-4-5-10-17(15)16/h4-6,8-11,14,18,20H,7,12-13H2,1-3H3. The van der Waals surface area contributed by atoms with E-state index in [1.54, 1.807) is 0 Å². The predicted octanol–water partition coefficient (Wildman–Crippen LogP) is 5.07. The maximum absolute atomic E-state index is 3.88. The van der Waals surface area contributed by atoms with Crippen molar-refractivity contribution in [3.63, 3.8) is 0 Å². The second kappa shape index (κ2) is 5.21. The highest BCUT2D eigenvalue weighted by Crippen LogP contribution is 2.38. The molecule has 3 rings (SSSR count). The van der Waals surface area contributed by atoms with E-state index >= 15 is 0 Å². The van der Waals surface area contributed by atoms with Gasteiger partial charge in [-0.25, -0.2) is 0 Å². The first-order chi connectivity index (χ1) is 9.58. The highest BCUT2D eigenvalue weighted by molar-refractivity contribution is 5.86. The minimum Gasteiger partial charge on any atom is -0.307 e. The van der Waals surface area contributed by atoms with Crippen molar-refractivity contribution in [3.05, 3.63) is 48.0 Å².